The number of hydrogen-bond donors (Lipinski definition) is 2. The molecule has 1 unspecified atom stereocenters. The van der Waals surface area contributed by atoms with Crippen molar-refractivity contribution in [3.05, 3.63) is 47.3 Å². The number of aryl methyl sites for hydroxylation is 1. The first kappa shape index (κ1) is 21.6. The predicted molar refractivity (Wildman–Crippen MR) is 119 cm³/mol. The van der Waals surface area contributed by atoms with Crippen molar-refractivity contribution in [3.8, 4) is 11.5 Å². The summed E-state index contributed by atoms with van der Waals surface area (Å²) in [5.41, 5.74) is 6.18. The van der Waals surface area contributed by atoms with E-state index in [2.05, 4.69) is 15.3 Å². The maximum absolute atomic E-state index is 13.3. The highest BCUT2D eigenvalue weighted by Crippen LogP contribution is 2.46. The van der Waals surface area contributed by atoms with Crippen molar-refractivity contribution in [1.82, 2.24) is 9.97 Å². The van der Waals surface area contributed by atoms with Gasteiger partial charge in [0.1, 0.15) is 11.6 Å². The van der Waals surface area contributed by atoms with E-state index in [0.717, 1.165) is 25.0 Å². The maximum atomic E-state index is 13.3. The van der Waals surface area contributed by atoms with Crippen LogP contribution in [0.2, 0.25) is 0 Å². The van der Waals surface area contributed by atoms with Crippen LogP contribution in [0.1, 0.15) is 49.2 Å². The van der Waals surface area contributed by atoms with Crippen molar-refractivity contribution in [3.63, 3.8) is 0 Å². The van der Waals surface area contributed by atoms with Crippen molar-refractivity contribution in [2.24, 2.45) is 5.41 Å². The van der Waals surface area contributed by atoms with Crippen LogP contribution in [0.4, 0.5) is 24.7 Å². The van der Waals surface area contributed by atoms with Crippen molar-refractivity contribution in [1.29, 1.82) is 0 Å². The van der Waals surface area contributed by atoms with E-state index in [1.54, 1.807) is 13.8 Å². The van der Waals surface area contributed by atoms with Crippen molar-refractivity contribution in [2.45, 2.75) is 45.3 Å². The zero-order valence-corrected chi connectivity index (χ0v) is 18.4. The Balaban J connectivity index is 1.49. The molecule has 2 aromatic carbocycles. The standard InChI is InChI=1S/C24H25F3N4O2/c1-13(15-6-16(24(25,26)27)8-17(28)7-15)29-22-18-9-20-21(10-19(18)30-14(2)31-22)33-12-23(11-32-20)4-3-5-23/h6-10,13H,3-5,11-12,28H2,1-2H3,(H,29,30,31). The van der Waals surface area contributed by atoms with Gasteiger partial charge in [-0.15, -0.1) is 0 Å². The Morgan fingerprint density at radius 3 is 2.36 bits per heavy atom. The number of rotatable bonds is 3. The summed E-state index contributed by atoms with van der Waals surface area (Å²) in [4.78, 5) is 9.05. The number of nitrogens with zero attached hydrogens (tertiary/aromatic N) is 2. The molecule has 1 aromatic heterocycles. The Morgan fingerprint density at radius 1 is 1.03 bits per heavy atom. The van der Waals surface area contributed by atoms with Gasteiger partial charge in [-0.05, 0) is 56.5 Å². The van der Waals surface area contributed by atoms with Gasteiger partial charge < -0.3 is 20.5 Å². The second-order valence-electron chi connectivity index (χ2n) is 9.12. The van der Waals surface area contributed by atoms with Gasteiger partial charge in [-0.25, -0.2) is 9.97 Å². The summed E-state index contributed by atoms with van der Waals surface area (Å²) >= 11 is 0. The molecule has 3 aromatic rings. The van der Waals surface area contributed by atoms with Gasteiger partial charge in [0.2, 0.25) is 0 Å². The van der Waals surface area contributed by atoms with Gasteiger partial charge in [0, 0.05) is 22.6 Å². The van der Waals surface area contributed by atoms with Gasteiger partial charge in [-0.2, -0.15) is 13.2 Å². The van der Waals surface area contributed by atoms with Crippen molar-refractivity contribution < 1.29 is 22.6 Å². The summed E-state index contributed by atoms with van der Waals surface area (Å²) < 4.78 is 51.9. The minimum Gasteiger partial charge on any atom is -0.489 e. The highest BCUT2D eigenvalue weighted by Gasteiger charge is 2.41. The number of nitrogen functional groups attached to an aromatic ring is 1. The number of benzene rings is 2. The third kappa shape index (κ3) is 4.12. The fraction of sp³-hybridized carbons (Fsp3) is 0.417. The van der Waals surface area contributed by atoms with Crippen molar-refractivity contribution >= 4 is 22.4 Å². The van der Waals surface area contributed by atoms with E-state index in [4.69, 9.17) is 15.2 Å². The SMILES string of the molecule is Cc1nc(NC(C)c2cc(N)cc(C(F)(F)F)c2)c2cc3c(cc2n1)OCC1(CCC1)CO3. The highest BCUT2D eigenvalue weighted by molar-refractivity contribution is 5.92. The molecule has 2 aliphatic rings. The smallest absolute Gasteiger partial charge is 0.416 e. The van der Waals surface area contributed by atoms with Crippen LogP contribution in [0.3, 0.4) is 0 Å². The molecular weight excluding hydrogens is 433 g/mol. The van der Waals surface area contributed by atoms with Crippen LogP contribution in [-0.4, -0.2) is 23.2 Å². The molecule has 3 N–H and O–H groups in total. The quantitative estimate of drug-likeness (QED) is 0.494. The molecule has 2 heterocycles. The van der Waals surface area contributed by atoms with Crippen LogP contribution in [-0.2, 0) is 6.18 Å². The van der Waals surface area contributed by atoms with Crippen LogP contribution in [0, 0.1) is 12.3 Å². The summed E-state index contributed by atoms with van der Waals surface area (Å²) in [5, 5.41) is 3.95. The molecule has 0 amide bonds. The van der Waals surface area contributed by atoms with E-state index in [0.29, 0.717) is 52.8 Å². The first-order valence-electron chi connectivity index (χ1n) is 10.9. The lowest BCUT2D eigenvalue weighted by Crippen LogP contribution is -2.39. The summed E-state index contributed by atoms with van der Waals surface area (Å²) in [6, 6.07) is 6.77. The Kier molecular flexibility index (Phi) is 5.02. The van der Waals surface area contributed by atoms with E-state index in [9.17, 15) is 13.2 Å². The number of nitrogens with two attached hydrogens (primary N) is 1. The monoisotopic (exact) mass is 458 g/mol. The van der Waals surface area contributed by atoms with Crippen LogP contribution < -0.4 is 20.5 Å². The number of hydrogen-bond acceptors (Lipinski definition) is 6. The molecule has 33 heavy (non-hydrogen) atoms. The lowest BCUT2D eigenvalue weighted by Gasteiger charge is -2.39. The summed E-state index contributed by atoms with van der Waals surface area (Å²) in [6.45, 7) is 4.75. The molecule has 0 bridgehead atoms. The van der Waals surface area contributed by atoms with Gasteiger partial charge in [0.05, 0.1) is 30.3 Å². The molecule has 1 aliphatic carbocycles. The summed E-state index contributed by atoms with van der Waals surface area (Å²) in [5.74, 6) is 2.31. The number of fused-ring (bicyclic) bond motifs is 2. The van der Waals surface area contributed by atoms with Crippen molar-refractivity contribution in [2.75, 3.05) is 24.3 Å². The first-order valence-corrected chi connectivity index (χ1v) is 10.9. The number of anilines is 2. The molecule has 6 nitrogen and oxygen atoms in total. The number of ether oxygens (including phenoxy) is 2. The Labute approximate surface area is 189 Å². The molecule has 1 aliphatic heterocycles. The second-order valence-corrected chi connectivity index (χ2v) is 9.12. The average Bonchev–Trinajstić information content (AvgIpc) is 2.91. The molecule has 5 rings (SSSR count). The molecule has 0 radical (unpaired) electrons. The fourth-order valence-corrected chi connectivity index (χ4v) is 4.44. The highest BCUT2D eigenvalue weighted by atomic mass is 19.4. The predicted octanol–water partition coefficient (Wildman–Crippen LogP) is 5.65. The van der Waals surface area contributed by atoms with Crippen LogP contribution in [0.5, 0.6) is 11.5 Å². The third-order valence-corrected chi connectivity index (χ3v) is 6.51. The van der Waals surface area contributed by atoms with E-state index < -0.39 is 17.8 Å². The summed E-state index contributed by atoms with van der Waals surface area (Å²) in [6.07, 6.45) is -1.12. The molecule has 1 saturated carbocycles. The molecule has 0 saturated heterocycles. The third-order valence-electron chi connectivity index (χ3n) is 6.51. The Morgan fingerprint density at radius 2 is 1.73 bits per heavy atom. The lowest BCUT2D eigenvalue weighted by molar-refractivity contribution is -0.137. The van der Waals surface area contributed by atoms with E-state index >= 15 is 0 Å². The van der Waals surface area contributed by atoms with E-state index in [-0.39, 0.29) is 11.1 Å². The van der Waals surface area contributed by atoms with Gasteiger partial charge in [0.15, 0.2) is 11.5 Å². The number of nitrogens with one attached hydrogen (secondary N) is 1. The first-order chi connectivity index (χ1) is 15.6. The second kappa shape index (κ2) is 7.67. The van der Waals surface area contributed by atoms with E-state index in [1.165, 1.54) is 12.5 Å². The molecule has 1 fully saturated rings. The molecule has 1 atom stereocenters. The van der Waals surface area contributed by atoms with Crippen LogP contribution in [0.25, 0.3) is 10.9 Å². The average molecular weight is 458 g/mol. The molecule has 9 heteroatoms. The Bertz CT molecular complexity index is 1220. The van der Waals surface area contributed by atoms with Gasteiger partial charge in [-0.3, -0.25) is 0 Å². The topological polar surface area (TPSA) is 82.3 Å². The summed E-state index contributed by atoms with van der Waals surface area (Å²) in [7, 11) is 0. The normalized spacial score (nSPS) is 18.0. The number of alkyl halides is 3. The van der Waals surface area contributed by atoms with Gasteiger partial charge in [-0.1, -0.05) is 6.42 Å². The molecule has 1 spiro atoms. The fourth-order valence-electron chi connectivity index (χ4n) is 4.44. The number of aromatic nitrogens is 2. The number of halogens is 3. The van der Waals surface area contributed by atoms with Gasteiger partial charge in [0.25, 0.3) is 0 Å². The van der Waals surface area contributed by atoms with Crippen LogP contribution >= 0.6 is 0 Å². The Hall–Kier alpha value is -3.23. The van der Waals surface area contributed by atoms with E-state index in [1.807, 2.05) is 12.1 Å². The minimum atomic E-state index is -4.48. The van der Waals surface area contributed by atoms with Crippen LogP contribution in [0.15, 0.2) is 30.3 Å². The van der Waals surface area contributed by atoms with Gasteiger partial charge >= 0.3 is 6.18 Å². The largest absolute Gasteiger partial charge is 0.489 e. The lowest BCUT2D eigenvalue weighted by atomic mass is 9.70. The zero-order valence-electron chi connectivity index (χ0n) is 18.4. The molecular formula is C24H25F3N4O2. The molecule has 174 valence electrons. The minimum absolute atomic E-state index is 0.0537. The zero-order chi connectivity index (χ0) is 23.4. The maximum Gasteiger partial charge on any atom is 0.416 e.